The van der Waals surface area contributed by atoms with E-state index in [1.165, 1.54) is 4.90 Å². The van der Waals surface area contributed by atoms with Crippen molar-refractivity contribution in [2.24, 2.45) is 0 Å². The van der Waals surface area contributed by atoms with Crippen LogP contribution in [0.4, 0.5) is 4.79 Å². The van der Waals surface area contributed by atoms with E-state index in [4.69, 9.17) is 4.74 Å². The van der Waals surface area contributed by atoms with Crippen molar-refractivity contribution in [2.75, 3.05) is 34.3 Å². The highest BCUT2D eigenvalue weighted by Crippen LogP contribution is 2.30. The second kappa shape index (κ2) is 5.59. The Balaban J connectivity index is 2.22. The van der Waals surface area contributed by atoms with Crippen LogP contribution in [0.2, 0.25) is 0 Å². The number of nitrogens with zero attached hydrogens (tertiary/aromatic N) is 2. The summed E-state index contributed by atoms with van der Waals surface area (Å²) in [5.74, 6) is 0.554. The van der Waals surface area contributed by atoms with Gasteiger partial charge in [-0.2, -0.15) is 0 Å². The van der Waals surface area contributed by atoms with E-state index in [2.05, 4.69) is 4.90 Å². The normalized spacial score (nSPS) is 18.8. The second-order valence-corrected chi connectivity index (χ2v) is 5.05. The lowest BCUT2D eigenvalue weighted by Gasteiger charge is -2.33. The van der Waals surface area contributed by atoms with E-state index in [1.54, 1.807) is 20.2 Å². The molecule has 0 aliphatic carbocycles. The molecule has 1 amide bonds. The first-order valence-corrected chi connectivity index (χ1v) is 6.36. The van der Waals surface area contributed by atoms with Gasteiger partial charge in [0.05, 0.1) is 12.6 Å². The first kappa shape index (κ1) is 13.8. The van der Waals surface area contributed by atoms with Gasteiger partial charge in [0, 0.05) is 20.6 Å². The van der Waals surface area contributed by atoms with Gasteiger partial charge in [0.2, 0.25) is 0 Å². The molecule has 1 aliphatic heterocycles. The number of aliphatic hydroxyl groups is 1. The Bertz CT molecular complexity index is 474. The van der Waals surface area contributed by atoms with E-state index < -0.39 is 0 Å². The monoisotopic (exact) mass is 264 g/mol. The van der Waals surface area contributed by atoms with Gasteiger partial charge in [0.15, 0.2) is 0 Å². The van der Waals surface area contributed by atoms with Gasteiger partial charge >= 0.3 is 6.09 Å². The lowest BCUT2D eigenvalue weighted by molar-refractivity contribution is 0.139. The molecule has 19 heavy (non-hydrogen) atoms. The first-order chi connectivity index (χ1) is 9.02. The Morgan fingerprint density at radius 2 is 2.26 bits per heavy atom. The van der Waals surface area contributed by atoms with Gasteiger partial charge in [-0.3, -0.25) is 4.90 Å². The maximum Gasteiger partial charge on any atom is 0.414 e. The Morgan fingerprint density at radius 3 is 2.89 bits per heavy atom. The molecule has 1 heterocycles. The number of fused-ring (bicyclic) bond motifs is 1. The fraction of sp³-hybridized carbons (Fsp3) is 0.500. The second-order valence-electron chi connectivity index (χ2n) is 5.05. The molecule has 5 nitrogen and oxygen atoms in total. The number of carbonyl (C=O) groups is 1. The van der Waals surface area contributed by atoms with Crippen LogP contribution in [0.25, 0.3) is 0 Å². The zero-order valence-corrected chi connectivity index (χ0v) is 11.6. The number of hydrogen-bond acceptors (Lipinski definition) is 4. The van der Waals surface area contributed by atoms with Crippen LogP contribution in [0.1, 0.15) is 17.2 Å². The van der Waals surface area contributed by atoms with E-state index in [1.807, 2.05) is 19.2 Å². The van der Waals surface area contributed by atoms with Crippen molar-refractivity contribution in [3.8, 4) is 5.75 Å². The highest BCUT2D eigenvalue weighted by molar-refractivity contribution is 5.70. The number of benzene rings is 1. The Hall–Kier alpha value is -1.59. The van der Waals surface area contributed by atoms with Crippen LogP contribution in [0.3, 0.4) is 0 Å². The van der Waals surface area contributed by atoms with Crippen LogP contribution < -0.4 is 4.74 Å². The van der Waals surface area contributed by atoms with Gasteiger partial charge in [-0.1, -0.05) is 6.07 Å². The number of aliphatic hydroxyl groups excluding tert-OH is 1. The van der Waals surface area contributed by atoms with E-state index in [0.717, 1.165) is 24.1 Å². The molecule has 0 saturated heterocycles. The third-order valence-corrected chi connectivity index (χ3v) is 3.48. The van der Waals surface area contributed by atoms with Gasteiger partial charge in [-0.25, -0.2) is 4.79 Å². The number of ether oxygens (including phenoxy) is 1. The molecule has 0 aromatic heterocycles. The number of likely N-dealkylation sites (N-methyl/N-ethyl adjacent to an activating group) is 1. The molecule has 1 aromatic carbocycles. The van der Waals surface area contributed by atoms with Crippen LogP contribution in [0, 0.1) is 0 Å². The topological polar surface area (TPSA) is 53.0 Å². The van der Waals surface area contributed by atoms with Gasteiger partial charge in [-0.05, 0) is 36.7 Å². The Morgan fingerprint density at radius 1 is 1.53 bits per heavy atom. The van der Waals surface area contributed by atoms with E-state index in [0.29, 0.717) is 5.75 Å². The summed E-state index contributed by atoms with van der Waals surface area (Å²) in [4.78, 5) is 15.0. The van der Waals surface area contributed by atoms with Gasteiger partial charge < -0.3 is 14.7 Å². The van der Waals surface area contributed by atoms with E-state index in [-0.39, 0.29) is 18.7 Å². The fourth-order valence-electron chi connectivity index (χ4n) is 2.31. The molecule has 1 unspecified atom stereocenters. The largest absolute Gasteiger partial charge is 0.414 e. The summed E-state index contributed by atoms with van der Waals surface area (Å²) in [7, 11) is 5.30. The Kier molecular flexibility index (Phi) is 4.07. The SMILES string of the molecule is CN(C)C(=O)Oc1ccc2c(c1)CCN(C)C2CO. The number of rotatable bonds is 2. The quantitative estimate of drug-likeness (QED) is 0.874. The third-order valence-electron chi connectivity index (χ3n) is 3.48. The van der Waals surface area contributed by atoms with Crippen LogP contribution in [0.5, 0.6) is 5.75 Å². The molecule has 0 bridgehead atoms. The number of carbonyl (C=O) groups excluding carboxylic acids is 1. The van der Waals surface area contributed by atoms with Crippen molar-refractivity contribution in [3.63, 3.8) is 0 Å². The highest BCUT2D eigenvalue weighted by Gasteiger charge is 2.24. The molecule has 1 atom stereocenters. The molecule has 2 rings (SSSR count). The van der Waals surface area contributed by atoms with Crippen LogP contribution >= 0.6 is 0 Å². The summed E-state index contributed by atoms with van der Waals surface area (Å²) < 4.78 is 5.25. The molecule has 0 radical (unpaired) electrons. The molecular weight excluding hydrogens is 244 g/mol. The van der Waals surface area contributed by atoms with E-state index in [9.17, 15) is 9.90 Å². The van der Waals surface area contributed by atoms with Crippen molar-refractivity contribution in [1.29, 1.82) is 0 Å². The van der Waals surface area contributed by atoms with Crippen molar-refractivity contribution in [1.82, 2.24) is 9.80 Å². The van der Waals surface area contributed by atoms with Crippen molar-refractivity contribution >= 4 is 6.09 Å². The van der Waals surface area contributed by atoms with E-state index >= 15 is 0 Å². The number of hydrogen-bond donors (Lipinski definition) is 1. The molecule has 104 valence electrons. The fourth-order valence-corrected chi connectivity index (χ4v) is 2.31. The number of amides is 1. The molecule has 0 spiro atoms. The predicted octanol–water partition coefficient (Wildman–Crippen LogP) is 1.27. The molecule has 1 N–H and O–H groups in total. The standard InChI is InChI=1S/C14H20N2O3/c1-15(2)14(18)19-11-4-5-12-10(8-11)6-7-16(3)13(12)9-17/h4-5,8,13,17H,6-7,9H2,1-3H3. The zero-order chi connectivity index (χ0) is 14.0. The van der Waals surface area contributed by atoms with Crippen LogP contribution in [-0.2, 0) is 6.42 Å². The summed E-state index contributed by atoms with van der Waals surface area (Å²) in [5.41, 5.74) is 2.25. The average molecular weight is 264 g/mol. The summed E-state index contributed by atoms with van der Waals surface area (Å²) in [6.07, 6.45) is 0.516. The minimum Gasteiger partial charge on any atom is -0.410 e. The highest BCUT2D eigenvalue weighted by atomic mass is 16.6. The molecular formula is C14H20N2O3. The lowest BCUT2D eigenvalue weighted by Crippen LogP contribution is -2.34. The minimum absolute atomic E-state index is 0.0300. The van der Waals surface area contributed by atoms with Crippen LogP contribution in [-0.4, -0.2) is 55.3 Å². The maximum atomic E-state index is 11.5. The molecule has 1 aliphatic rings. The molecule has 0 fully saturated rings. The summed E-state index contributed by atoms with van der Waals surface area (Å²) in [6, 6.07) is 5.64. The molecule has 5 heteroatoms. The minimum atomic E-state index is -0.383. The van der Waals surface area contributed by atoms with Crippen molar-refractivity contribution in [3.05, 3.63) is 29.3 Å². The smallest absolute Gasteiger partial charge is 0.410 e. The zero-order valence-electron chi connectivity index (χ0n) is 11.6. The third kappa shape index (κ3) is 2.88. The predicted molar refractivity (Wildman–Crippen MR) is 72.3 cm³/mol. The van der Waals surface area contributed by atoms with Crippen LogP contribution in [0.15, 0.2) is 18.2 Å². The summed E-state index contributed by atoms with van der Waals surface area (Å²) in [6.45, 7) is 0.990. The average Bonchev–Trinajstić information content (AvgIpc) is 2.38. The lowest BCUT2D eigenvalue weighted by atomic mass is 9.93. The molecule has 1 aromatic rings. The van der Waals surface area contributed by atoms with Crippen molar-refractivity contribution < 1.29 is 14.6 Å². The Labute approximate surface area is 113 Å². The van der Waals surface area contributed by atoms with Gasteiger partial charge in [0.25, 0.3) is 0 Å². The summed E-state index contributed by atoms with van der Waals surface area (Å²) >= 11 is 0. The summed E-state index contributed by atoms with van der Waals surface area (Å²) in [5, 5.41) is 9.46. The van der Waals surface area contributed by atoms with Gasteiger partial charge in [-0.15, -0.1) is 0 Å². The molecule has 0 saturated carbocycles. The van der Waals surface area contributed by atoms with Gasteiger partial charge in [0.1, 0.15) is 5.75 Å². The first-order valence-electron chi connectivity index (χ1n) is 6.36. The maximum absolute atomic E-state index is 11.5. The van der Waals surface area contributed by atoms with Crippen molar-refractivity contribution in [2.45, 2.75) is 12.5 Å².